The Morgan fingerprint density at radius 3 is 1.19 bits per heavy atom. The van der Waals surface area contributed by atoms with E-state index in [-0.39, 0.29) is 30.2 Å². The van der Waals surface area contributed by atoms with Crippen molar-refractivity contribution in [1.29, 1.82) is 0 Å². The summed E-state index contributed by atoms with van der Waals surface area (Å²) in [7, 11) is 0. The van der Waals surface area contributed by atoms with E-state index in [0.29, 0.717) is 35.1 Å². The monoisotopic (exact) mass is 912 g/mol. The zero-order valence-corrected chi connectivity index (χ0v) is 39.6. The molecule has 6 aromatic carbocycles. The molecule has 0 aromatic heterocycles. The third-order valence-electron chi connectivity index (χ3n) is 14.6. The van der Waals surface area contributed by atoms with Crippen LogP contribution in [0.3, 0.4) is 0 Å². The van der Waals surface area contributed by atoms with Gasteiger partial charge in [0.2, 0.25) is 0 Å². The summed E-state index contributed by atoms with van der Waals surface area (Å²) in [6.07, 6.45) is 22.5. The van der Waals surface area contributed by atoms with Crippen LogP contribution >= 0.6 is 0 Å². The Morgan fingerprint density at radius 1 is 0.471 bits per heavy atom. The highest BCUT2D eigenvalue weighted by atomic mass is 16.1. The molecule has 0 bridgehead atoms. The highest BCUT2D eigenvalue weighted by molar-refractivity contribution is 6.22. The smallest absolute Gasteiger partial charge is 0.193 e. The Labute approximate surface area is 411 Å². The third kappa shape index (κ3) is 8.76. The molecule has 2 N–H and O–H groups in total. The third-order valence-corrected chi connectivity index (χ3v) is 14.6. The van der Waals surface area contributed by atoms with Gasteiger partial charge in [0.25, 0.3) is 0 Å². The number of carbonyl (C=O) groups excluding carboxylic acids is 3. The van der Waals surface area contributed by atoms with Crippen molar-refractivity contribution in [3.63, 3.8) is 0 Å². The lowest BCUT2D eigenvalue weighted by atomic mass is 9.50. The molecule has 0 saturated heterocycles. The summed E-state index contributed by atoms with van der Waals surface area (Å²) in [4.78, 5) is 49.2. The number of hydrogen-bond donors (Lipinski definition) is 2. The average molecular weight is 913 g/mol. The minimum Gasteiger partial charge on any atom is -0.368 e. The molecule has 0 radical (unpaired) electrons. The Kier molecular flexibility index (Phi) is 12.9. The highest BCUT2D eigenvalue weighted by Gasteiger charge is 2.58. The van der Waals surface area contributed by atoms with E-state index >= 15 is 14.4 Å². The van der Waals surface area contributed by atoms with Gasteiger partial charge in [-0.2, -0.15) is 0 Å². The first-order valence-corrected chi connectivity index (χ1v) is 24.3. The van der Waals surface area contributed by atoms with Gasteiger partial charge < -0.3 is 10.6 Å². The molecule has 6 aromatic rings. The van der Waals surface area contributed by atoms with E-state index in [4.69, 9.17) is 0 Å². The summed E-state index contributed by atoms with van der Waals surface area (Å²) in [5.74, 6) is -1.45. The zero-order chi connectivity index (χ0) is 48.1. The van der Waals surface area contributed by atoms with Gasteiger partial charge >= 0.3 is 0 Å². The summed E-state index contributed by atoms with van der Waals surface area (Å²) in [5, 5.41) is 6.79. The van der Waals surface area contributed by atoms with Crippen LogP contribution in [0.5, 0.6) is 0 Å². The van der Waals surface area contributed by atoms with Gasteiger partial charge in [0.1, 0.15) is 0 Å². The Bertz CT molecular complexity index is 3010. The van der Waals surface area contributed by atoms with Crippen molar-refractivity contribution in [2.75, 3.05) is 0 Å². The fourth-order valence-electron chi connectivity index (χ4n) is 11.2. The maximum absolute atomic E-state index is 18.0. The number of aryl methyl sites for hydroxylation is 2. The normalized spacial score (nSPS) is 21.6. The zero-order valence-electron chi connectivity index (χ0n) is 39.6. The molecule has 4 aliphatic rings. The average Bonchev–Trinajstić information content (AvgIpc) is 3.42. The van der Waals surface area contributed by atoms with Crippen LogP contribution in [0.25, 0.3) is 11.1 Å². The lowest BCUT2D eigenvalue weighted by Crippen LogP contribution is -2.54. The van der Waals surface area contributed by atoms with E-state index < -0.39 is 22.7 Å². The number of allylic oxidation sites excluding steroid dienone is 12. The quantitative estimate of drug-likeness (QED) is 0.107. The van der Waals surface area contributed by atoms with E-state index in [0.717, 1.165) is 55.7 Å². The minimum atomic E-state index is -1.39. The van der Waals surface area contributed by atoms with Gasteiger partial charge in [-0.1, -0.05) is 206 Å². The van der Waals surface area contributed by atoms with Crippen LogP contribution in [0.4, 0.5) is 0 Å². The van der Waals surface area contributed by atoms with Crippen LogP contribution in [0.2, 0.25) is 0 Å². The van der Waals surface area contributed by atoms with Gasteiger partial charge in [-0.25, -0.2) is 0 Å². The van der Waals surface area contributed by atoms with Crippen molar-refractivity contribution in [1.82, 2.24) is 10.6 Å². The summed E-state index contributed by atoms with van der Waals surface area (Å²) in [6, 6.07) is 55.6. The van der Waals surface area contributed by atoms with Gasteiger partial charge in [-0.05, 0) is 108 Å². The predicted molar refractivity (Wildman–Crippen MR) is 283 cm³/mol. The molecule has 0 saturated carbocycles. The van der Waals surface area contributed by atoms with Crippen molar-refractivity contribution in [2.24, 2.45) is 22.7 Å². The Morgan fingerprint density at radius 2 is 0.829 bits per heavy atom. The van der Waals surface area contributed by atoms with E-state index in [1.807, 2.05) is 146 Å². The molecule has 2 heterocycles. The summed E-state index contributed by atoms with van der Waals surface area (Å²) in [6.45, 7) is 4.15. The summed E-state index contributed by atoms with van der Waals surface area (Å²) in [5.41, 5.74) is 8.72. The SMILES string of the molecule is Cc1ccccc1C1=CC(C2=CNC=CC2)C(Cc2ccccc2)(C(=O)C2(Cc3ccccc3)C=C(C(=O)c3ccccc3)C(c3ccccc3C)=CC2C2=CNC=CC2)C=C1C(=O)c1ccccc1. The van der Waals surface area contributed by atoms with Crippen LogP contribution in [-0.2, 0) is 17.6 Å². The molecule has 0 spiro atoms. The maximum atomic E-state index is 18.0. The second-order valence-corrected chi connectivity index (χ2v) is 19.0. The molecule has 10 rings (SSSR count). The molecule has 4 unspecified atom stereocenters. The molecule has 344 valence electrons. The molecule has 5 nitrogen and oxygen atoms in total. The predicted octanol–water partition coefficient (Wildman–Crippen LogP) is 13.5. The molecule has 2 aliphatic heterocycles. The number of hydrogen-bond acceptors (Lipinski definition) is 5. The fraction of sp³-hybridized carbons (Fsp3) is 0.154. The topological polar surface area (TPSA) is 75.3 Å². The van der Waals surface area contributed by atoms with Crippen molar-refractivity contribution >= 4 is 28.5 Å². The van der Waals surface area contributed by atoms with Crippen molar-refractivity contribution in [2.45, 2.75) is 39.5 Å². The van der Waals surface area contributed by atoms with Crippen molar-refractivity contribution in [3.05, 3.63) is 298 Å². The first-order valence-electron chi connectivity index (χ1n) is 24.3. The summed E-state index contributed by atoms with van der Waals surface area (Å²) < 4.78 is 0. The van der Waals surface area contributed by atoms with E-state index in [1.54, 1.807) is 0 Å². The number of Topliss-reactive ketones (excluding diaryl/α,β-unsaturated/α-hetero) is 3. The van der Waals surface area contributed by atoms with Crippen LogP contribution in [0.1, 0.15) is 66.9 Å². The Hall–Kier alpha value is -8.15. The lowest BCUT2D eigenvalue weighted by molar-refractivity contribution is -0.137. The van der Waals surface area contributed by atoms with Crippen LogP contribution < -0.4 is 10.6 Å². The van der Waals surface area contributed by atoms with Crippen molar-refractivity contribution in [3.8, 4) is 0 Å². The first kappa shape index (κ1) is 45.6. The number of rotatable bonds is 14. The molecule has 0 fully saturated rings. The molecular weight excluding hydrogens is 857 g/mol. The Balaban J connectivity index is 1.33. The van der Waals surface area contributed by atoms with Gasteiger partial charge in [0.05, 0.1) is 10.8 Å². The second-order valence-electron chi connectivity index (χ2n) is 19.0. The largest absolute Gasteiger partial charge is 0.368 e. The van der Waals surface area contributed by atoms with Gasteiger partial charge in [-0.3, -0.25) is 14.4 Å². The number of nitrogens with one attached hydrogen (secondary N) is 2. The molecule has 4 atom stereocenters. The van der Waals surface area contributed by atoms with Crippen molar-refractivity contribution < 1.29 is 14.4 Å². The van der Waals surface area contributed by atoms with Gasteiger partial charge in [0, 0.05) is 46.5 Å². The molecular formula is C65H56N2O3. The molecule has 70 heavy (non-hydrogen) atoms. The fourth-order valence-corrected chi connectivity index (χ4v) is 11.2. The minimum absolute atomic E-state index is 0.0643. The van der Waals surface area contributed by atoms with Crippen LogP contribution in [-0.4, -0.2) is 17.3 Å². The highest BCUT2D eigenvalue weighted by Crippen LogP contribution is 2.58. The first-order chi connectivity index (χ1) is 34.3. The number of benzene rings is 6. The molecule has 2 aliphatic carbocycles. The maximum Gasteiger partial charge on any atom is 0.193 e. The molecule has 5 heteroatoms. The van der Waals surface area contributed by atoms with Gasteiger partial charge in [-0.15, -0.1) is 0 Å². The number of carbonyl (C=O) groups is 3. The second kappa shape index (κ2) is 19.8. The van der Waals surface area contributed by atoms with Crippen LogP contribution in [0.15, 0.2) is 253 Å². The lowest BCUT2D eigenvalue weighted by Gasteiger charge is -2.50. The van der Waals surface area contributed by atoms with E-state index in [1.165, 1.54) is 0 Å². The number of ketones is 3. The van der Waals surface area contributed by atoms with Gasteiger partial charge in [0.15, 0.2) is 17.3 Å². The van der Waals surface area contributed by atoms with Crippen LogP contribution in [0, 0.1) is 36.5 Å². The molecule has 0 amide bonds. The summed E-state index contributed by atoms with van der Waals surface area (Å²) >= 11 is 0. The van der Waals surface area contributed by atoms with E-state index in [9.17, 15) is 0 Å². The van der Waals surface area contributed by atoms with E-state index in [2.05, 4.69) is 109 Å². The number of dihydropyridines is 2. The standard InChI is InChI=1S/C65H56N2O3/c1-45-21-15-17-33-53(45)55-37-59(51-31-19-35-66-43-51)64(39-47-23-7-3-8-24-47,41-57(55)61(68)49-27-11-5-12-28-49)63(70)65(40-48-25-9-4-10-26-48)42-58(62(69)50-29-13-6-14-30-50)56(54-34-18-16-22-46(54)2)38-60(65)52-32-20-36-67-44-52/h3-30,33-38,41-44,59-60,66-67H,31-32,39-40H2,1-2H3.